The molecule has 0 N–H and O–H groups in total. The van der Waals surface area contributed by atoms with Crippen molar-refractivity contribution >= 4 is 17.5 Å². The van der Waals surface area contributed by atoms with Gasteiger partial charge in [-0.25, -0.2) is 0 Å². The molecule has 0 radical (unpaired) electrons. The topological polar surface area (TPSA) is 46.4 Å². The minimum absolute atomic E-state index is 0.172. The highest BCUT2D eigenvalue weighted by Gasteiger charge is 2.18. The normalized spacial score (nSPS) is 13.9. The summed E-state index contributed by atoms with van der Waals surface area (Å²) in [7, 11) is 1.92. The van der Waals surface area contributed by atoms with Gasteiger partial charge in [0.2, 0.25) is 0 Å². The highest BCUT2D eigenvalue weighted by Crippen LogP contribution is 2.31. The predicted octanol–water partition coefficient (Wildman–Crippen LogP) is 2.06. The van der Waals surface area contributed by atoms with Crippen LogP contribution in [0.4, 0.5) is 11.4 Å². The Morgan fingerprint density at radius 1 is 1.50 bits per heavy atom. The van der Waals surface area contributed by atoms with Gasteiger partial charge in [0.25, 0.3) is 5.69 Å². The molecule has 0 aliphatic carbocycles. The number of nitro groups is 1. The fraction of sp³-hybridized carbons (Fsp3) is 0.200. The molecule has 1 aliphatic rings. The maximum Gasteiger partial charge on any atom is 0.278 e. The number of anilines is 1. The Bertz CT molecular complexity index is 413. The first kappa shape index (κ1) is 8.74. The molecule has 0 atom stereocenters. The van der Waals surface area contributed by atoms with E-state index in [2.05, 4.69) is 0 Å². The van der Waals surface area contributed by atoms with Crippen molar-refractivity contribution in [2.75, 3.05) is 18.5 Å². The SMILES string of the molecule is CN1CC=Cc2c1cccc2[N+](=O)[O-]. The Hall–Kier alpha value is -1.84. The van der Waals surface area contributed by atoms with E-state index < -0.39 is 0 Å². The molecule has 0 aromatic heterocycles. The van der Waals surface area contributed by atoms with E-state index in [1.54, 1.807) is 6.07 Å². The zero-order chi connectivity index (χ0) is 10.1. The lowest BCUT2D eigenvalue weighted by atomic mass is 10.1. The first-order valence-electron chi connectivity index (χ1n) is 4.35. The van der Waals surface area contributed by atoms with Crippen LogP contribution in [0.15, 0.2) is 24.3 Å². The molecule has 72 valence electrons. The second-order valence-corrected chi connectivity index (χ2v) is 3.25. The Morgan fingerprint density at radius 2 is 2.29 bits per heavy atom. The van der Waals surface area contributed by atoms with Gasteiger partial charge in [-0.15, -0.1) is 0 Å². The summed E-state index contributed by atoms with van der Waals surface area (Å²) in [5, 5.41) is 10.7. The number of nitrogens with zero attached hydrogens (tertiary/aromatic N) is 2. The summed E-state index contributed by atoms with van der Waals surface area (Å²) in [4.78, 5) is 12.4. The average Bonchev–Trinajstić information content (AvgIpc) is 2.17. The minimum Gasteiger partial charge on any atom is -0.370 e. The summed E-state index contributed by atoms with van der Waals surface area (Å²) < 4.78 is 0. The molecular formula is C10H10N2O2. The molecule has 0 saturated carbocycles. The van der Waals surface area contributed by atoms with Crippen LogP contribution >= 0.6 is 0 Å². The van der Waals surface area contributed by atoms with Crippen molar-refractivity contribution in [1.82, 2.24) is 0 Å². The van der Waals surface area contributed by atoms with Gasteiger partial charge < -0.3 is 4.90 Å². The maximum atomic E-state index is 10.7. The number of benzene rings is 1. The molecule has 0 bridgehead atoms. The van der Waals surface area contributed by atoms with E-state index in [1.807, 2.05) is 30.2 Å². The molecule has 0 saturated heterocycles. The van der Waals surface area contributed by atoms with Crippen molar-refractivity contribution in [2.24, 2.45) is 0 Å². The van der Waals surface area contributed by atoms with Gasteiger partial charge in [-0.2, -0.15) is 0 Å². The molecular weight excluding hydrogens is 180 g/mol. The third-order valence-corrected chi connectivity index (χ3v) is 2.33. The van der Waals surface area contributed by atoms with Crippen molar-refractivity contribution in [3.8, 4) is 0 Å². The lowest BCUT2D eigenvalue weighted by Gasteiger charge is -2.22. The monoisotopic (exact) mass is 190 g/mol. The third kappa shape index (κ3) is 1.25. The molecule has 1 aromatic rings. The fourth-order valence-electron chi connectivity index (χ4n) is 1.63. The Kier molecular flexibility index (Phi) is 1.96. The van der Waals surface area contributed by atoms with Gasteiger partial charge in [-0.05, 0) is 12.1 Å². The van der Waals surface area contributed by atoms with Crippen molar-refractivity contribution in [1.29, 1.82) is 0 Å². The zero-order valence-electron chi connectivity index (χ0n) is 7.80. The van der Waals surface area contributed by atoms with Crippen LogP contribution in [0.25, 0.3) is 6.08 Å². The second kappa shape index (κ2) is 3.14. The molecule has 1 heterocycles. The van der Waals surface area contributed by atoms with Crippen molar-refractivity contribution < 1.29 is 4.92 Å². The van der Waals surface area contributed by atoms with Crippen LogP contribution in [0, 0.1) is 10.1 Å². The van der Waals surface area contributed by atoms with Gasteiger partial charge >= 0.3 is 0 Å². The second-order valence-electron chi connectivity index (χ2n) is 3.25. The van der Waals surface area contributed by atoms with Gasteiger partial charge in [-0.1, -0.05) is 12.1 Å². The highest BCUT2D eigenvalue weighted by atomic mass is 16.6. The molecule has 0 fully saturated rings. The zero-order valence-corrected chi connectivity index (χ0v) is 7.80. The van der Waals surface area contributed by atoms with Crippen LogP contribution in [-0.2, 0) is 0 Å². The van der Waals surface area contributed by atoms with E-state index in [4.69, 9.17) is 0 Å². The molecule has 2 rings (SSSR count). The van der Waals surface area contributed by atoms with E-state index in [0.717, 1.165) is 12.2 Å². The highest BCUT2D eigenvalue weighted by molar-refractivity contribution is 5.77. The molecule has 4 nitrogen and oxygen atoms in total. The molecule has 0 spiro atoms. The number of likely N-dealkylation sites (N-methyl/N-ethyl adjacent to an activating group) is 1. The van der Waals surface area contributed by atoms with Crippen LogP contribution in [0.2, 0.25) is 0 Å². The first-order valence-corrected chi connectivity index (χ1v) is 4.35. The summed E-state index contributed by atoms with van der Waals surface area (Å²) in [6.45, 7) is 0.800. The maximum absolute atomic E-state index is 10.7. The lowest BCUT2D eigenvalue weighted by Crippen LogP contribution is -2.20. The fourth-order valence-corrected chi connectivity index (χ4v) is 1.63. The van der Waals surface area contributed by atoms with Gasteiger partial charge in [-0.3, -0.25) is 10.1 Å². The largest absolute Gasteiger partial charge is 0.370 e. The van der Waals surface area contributed by atoms with Gasteiger partial charge in [0.05, 0.1) is 16.2 Å². The summed E-state index contributed by atoms with van der Waals surface area (Å²) in [6, 6.07) is 5.14. The molecule has 14 heavy (non-hydrogen) atoms. The molecule has 1 aliphatic heterocycles. The first-order chi connectivity index (χ1) is 6.70. The quantitative estimate of drug-likeness (QED) is 0.503. The van der Waals surface area contributed by atoms with Crippen LogP contribution < -0.4 is 4.90 Å². The van der Waals surface area contributed by atoms with Crippen molar-refractivity contribution in [3.63, 3.8) is 0 Å². The Balaban J connectivity index is 2.63. The van der Waals surface area contributed by atoms with Crippen molar-refractivity contribution in [3.05, 3.63) is 40.0 Å². The number of nitro benzene ring substituents is 1. The molecule has 4 heteroatoms. The standard InChI is InChI=1S/C10H10N2O2/c1-11-7-3-4-8-9(11)5-2-6-10(8)12(13)14/h2-6H,7H2,1H3. The summed E-state index contributed by atoms with van der Waals surface area (Å²) >= 11 is 0. The van der Waals surface area contributed by atoms with Gasteiger partial charge in [0.15, 0.2) is 0 Å². The van der Waals surface area contributed by atoms with Crippen LogP contribution in [-0.4, -0.2) is 18.5 Å². The predicted molar refractivity (Wildman–Crippen MR) is 55.4 cm³/mol. The van der Waals surface area contributed by atoms with E-state index in [-0.39, 0.29) is 10.6 Å². The van der Waals surface area contributed by atoms with E-state index in [0.29, 0.717) is 5.56 Å². The third-order valence-electron chi connectivity index (χ3n) is 2.33. The summed E-state index contributed by atoms with van der Waals surface area (Å²) in [5.41, 5.74) is 1.79. The van der Waals surface area contributed by atoms with Gasteiger partial charge in [0.1, 0.15) is 0 Å². The van der Waals surface area contributed by atoms with Crippen LogP contribution in [0.3, 0.4) is 0 Å². The smallest absolute Gasteiger partial charge is 0.278 e. The number of fused-ring (bicyclic) bond motifs is 1. The van der Waals surface area contributed by atoms with E-state index in [1.165, 1.54) is 6.07 Å². The number of rotatable bonds is 1. The minimum atomic E-state index is -0.345. The van der Waals surface area contributed by atoms with Crippen molar-refractivity contribution in [2.45, 2.75) is 0 Å². The Morgan fingerprint density at radius 3 is 3.00 bits per heavy atom. The van der Waals surface area contributed by atoms with E-state index in [9.17, 15) is 10.1 Å². The lowest BCUT2D eigenvalue weighted by molar-refractivity contribution is -0.385. The average molecular weight is 190 g/mol. The Labute approximate surface area is 81.6 Å². The molecule has 0 unspecified atom stereocenters. The van der Waals surface area contributed by atoms with Crippen LogP contribution in [0.1, 0.15) is 5.56 Å². The summed E-state index contributed by atoms with van der Waals surface area (Å²) in [5.74, 6) is 0. The van der Waals surface area contributed by atoms with Crippen LogP contribution in [0.5, 0.6) is 0 Å². The number of hydrogen-bond donors (Lipinski definition) is 0. The van der Waals surface area contributed by atoms with E-state index >= 15 is 0 Å². The summed E-state index contributed by atoms with van der Waals surface area (Å²) in [6.07, 6.45) is 3.74. The molecule has 1 aromatic carbocycles. The molecule has 0 amide bonds. The number of hydrogen-bond acceptors (Lipinski definition) is 3. The van der Waals surface area contributed by atoms with Gasteiger partial charge in [0, 0.05) is 19.7 Å².